The molecule has 0 amide bonds. The maximum absolute atomic E-state index is 5.78. The highest BCUT2D eigenvalue weighted by Gasteiger charge is 2.15. The standard InChI is InChI=1S/C13H19NO2/c1-10-5-6-12(13(8-10)15-2)16-9-11-4-3-7-14-11/h5-6,8,11,14H,3-4,7,9H2,1-2H3/t11-/m0/s1. The molecule has 0 aromatic heterocycles. The highest BCUT2D eigenvalue weighted by Crippen LogP contribution is 2.28. The Bertz CT molecular complexity index is 346. The van der Waals surface area contributed by atoms with Gasteiger partial charge in [0.2, 0.25) is 0 Å². The maximum atomic E-state index is 5.78. The Morgan fingerprint density at radius 1 is 1.38 bits per heavy atom. The second kappa shape index (κ2) is 5.21. The van der Waals surface area contributed by atoms with Crippen molar-refractivity contribution in [2.45, 2.75) is 25.8 Å². The fourth-order valence-corrected chi connectivity index (χ4v) is 1.98. The Hall–Kier alpha value is -1.22. The molecule has 1 aromatic rings. The van der Waals surface area contributed by atoms with Gasteiger partial charge in [-0.2, -0.15) is 0 Å². The van der Waals surface area contributed by atoms with Crippen LogP contribution in [0.4, 0.5) is 0 Å². The number of aryl methyl sites for hydroxylation is 1. The lowest BCUT2D eigenvalue weighted by Crippen LogP contribution is -2.28. The van der Waals surface area contributed by atoms with Gasteiger partial charge in [0, 0.05) is 6.04 Å². The predicted octanol–water partition coefficient (Wildman–Crippen LogP) is 2.13. The minimum Gasteiger partial charge on any atom is -0.493 e. The lowest BCUT2D eigenvalue weighted by Gasteiger charge is -2.14. The van der Waals surface area contributed by atoms with Gasteiger partial charge in [0.15, 0.2) is 11.5 Å². The molecule has 1 atom stereocenters. The summed E-state index contributed by atoms with van der Waals surface area (Å²) in [6, 6.07) is 6.51. The number of ether oxygens (including phenoxy) is 2. The van der Waals surface area contributed by atoms with E-state index in [9.17, 15) is 0 Å². The van der Waals surface area contributed by atoms with Crippen molar-refractivity contribution >= 4 is 0 Å². The van der Waals surface area contributed by atoms with E-state index in [0.717, 1.165) is 24.7 Å². The molecular weight excluding hydrogens is 202 g/mol. The van der Waals surface area contributed by atoms with Gasteiger partial charge in [-0.1, -0.05) is 6.07 Å². The summed E-state index contributed by atoms with van der Waals surface area (Å²) in [5.74, 6) is 1.65. The van der Waals surface area contributed by atoms with Crippen molar-refractivity contribution in [1.82, 2.24) is 5.32 Å². The quantitative estimate of drug-likeness (QED) is 0.845. The number of nitrogens with one attached hydrogen (secondary N) is 1. The van der Waals surface area contributed by atoms with E-state index in [1.807, 2.05) is 25.1 Å². The fraction of sp³-hybridized carbons (Fsp3) is 0.538. The molecule has 1 heterocycles. The van der Waals surface area contributed by atoms with Crippen LogP contribution >= 0.6 is 0 Å². The second-order valence-electron chi connectivity index (χ2n) is 4.26. The summed E-state index contributed by atoms with van der Waals surface area (Å²) < 4.78 is 11.1. The third-order valence-electron chi connectivity index (χ3n) is 2.92. The fourth-order valence-electron chi connectivity index (χ4n) is 1.98. The first-order valence-corrected chi connectivity index (χ1v) is 5.80. The van der Waals surface area contributed by atoms with Gasteiger partial charge >= 0.3 is 0 Å². The first kappa shape index (κ1) is 11.3. The molecule has 0 radical (unpaired) electrons. The molecule has 1 saturated heterocycles. The van der Waals surface area contributed by atoms with E-state index in [1.165, 1.54) is 18.4 Å². The van der Waals surface area contributed by atoms with Crippen LogP contribution in [0.25, 0.3) is 0 Å². The van der Waals surface area contributed by atoms with E-state index >= 15 is 0 Å². The summed E-state index contributed by atoms with van der Waals surface area (Å²) in [4.78, 5) is 0. The maximum Gasteiger partial charge on any atom is 0.161 e. The number of benzene rings is 1. The zero-order valence-electron chi connectivity index (χ0n) is 9.95. The Balaban J connectivity index is 1.97. The third kappa shape index (κ3) is 2.67. The van der Waals surface area contributed by atoms with Crippen molar-refractivity contribution < 1.29 is 9.47 Å². The summed E-state index contributed by atoms with van der Waals surface area (Å²) in [6.45, 7) is 3.88. The molecule has 1 N–H and O–H groups in total. The highest BCUT2D eigenvalue weighted by atomic mass is 16.5. The topological polar surface area (TPSA) is 30.5 Å². The molecule has 88 valence electrons. The van der Waals surface area contributed by atoms with Crippen molar-refractivity contribution in [2.24, 2.45) is 0 Å². The molecule has 0 aliphatic carbocycles. The monoisotopic (exact) mass is 221 g/mol. The van der Waals surface area contributed by atoms with Crippen molar-refractivity contribution in [3.63, 3.8) is 0 Å². The number of methoxy groups -OCH3 is 1. The summed E-state index contributed by atoms with van der Waals surface area (Å²) >= 11 is 0. The van der Waals surface area contributed by atoms with Crippen LogP contribution in [0.3, 0.4) is 0 Å². The smallest absolute Gasteiger partial charge is 0.161 e. The molecule has 0 bridgehead atoms. The normalized spacial score (nSPS) is 19.8. The van der Waals surface area contributed by atoms with Gasteiger partial charge < -0.3 is 14.8 Å². The number of rotatable bonds is 4. The van der Waals surface area contributed by atoms with Gasteiger partial charge in [-0.3, -0.25) is 0 Å². The Morgan fingerprint density at radius 2 is 2.25 bits per heavy atom. The highest BCUT2D eigenvalue weighted by molar-refractivity contribution is 5.42. The Kier molecular flexibility index (Phi) is 3.67. The van der Waals surface area contributed by atoms with Crippen LogP contribution in [0.1, 0.15) is 18.4 Å². The summed E-state index contributed by atoms with van der Waals surface area (Å²) in [5.41, 5.74) is 1.18. The van der Waals surface area contributed by atoms with Crippen molar-refractivity contribution in [3.8, 4) is 11.5 Å². The lowest BCUT2D eigenvalue weighted by atomic mass is 10.2. The summed E-state index contributed by atoms with van der Waals surface area (Å²) in [6.07, 6.45) is 2.45. The molecule has 1 aliphatic rings. The largest absolute Gasteiger partial charge is 0.493 e. The number of hydrogen-bond acceptors (Lipinski definition) is 3. The molecular formula is C13H19NO2. The minimum absolute atomic E-state index is 0.492. The molecule has 0 saturated carbocycles. The van der Waals surface area contributed by atoms with E-state index in [2.05, 4.69) is 5.32 Å². The zero-order chi connectivity index (χ0) is 11.4. The third-order valence-corrected chi connectivity index (χ3v) is 2.92. The SMILES string of the molecule is COc1cc(C)ccc1OC[C@@H]1CCCN1. The minimum atomic E-state index is 0.492. The van der Waals surface area contributed by atoms with Crippen LogP contribution in [-0.2, 0) is 0 Å². The van der Waals surface area contributed by atoms with Crippen LogP contribution in [0.2, 0.25) is 0 Å². The van der Waals surface area contributed by atoms with Crippen LogP contribution in [0.15, 0.2) is 18.2 Å². The molecule has 1 aromatic carbocycles. The molecule has 3 nitrogen and oxygen atoms in total. The van der Waals surface area contributed by atoms with Crippen LogP contribution in [0, 0.1) is 6.92 Å². The summed E-state index contributed by atoms with van der Waals surface area (Å²) in [7, 11) is 1.68. The van der Waals surface area contributed by atoms with Crippen LogP contribution < -0.4 is 14.8 Å². The van der Waals surface area contributed by atoms with Gasteiger partial charge in [0.25, 0.3) is 0 Å². The second-order valence-corrected chi connectivity index (χ2v) is 4.26. The predicted molar refractivity (Wildman–Crippen MR) is 64.3 cm³/mol. The van der Waals surface area contributed by atoms with E-state index in [0.29, 0.717) is 6.04 Å². The zero-order valence-corrected chi connectivity index (χ0v) is 9.95. The summed E-state index contributed by atoms with van der Waals surface area (Å²) in [5, 5.41) is 3.41. The molecule has 1 aliphatic heterocycles. The number of hydrogen-bond donors (Lipinski definition) is 1. The average molecular weight is 221 g/mol. The van der Waals surface area contributed by atoms with Crippen molar-refractivity contribution in [3.05, 3.63) is 23.8 Å². The van der Waals surface area contributed by atoms with Gasteiger partial charge in [-0.05, 0) is 44.0 Å². The van der Waals surface area contributed by atoms with E-state index in [1.54, 1.807) is 7.11 Å². The van der Waals surface area contributed by atoms with Gasteiger partial charge in [0.05, 0.1) is 7.11 Å². The van der Waals surface area contributed by atoms with Crippen LogP contribution in [-0.4, -0.2) is 26.3 Å². The van der Waals surface area contributed by atoms with Crippen molar-refractivity contribution in [2.75, 3.05) is 20.3 Å². The van der Waals surface area contributed by atoms with Gasteiger partial charge in [0.1, 0.15) is 6.61 Å². The van der Waals surface area contributed by atoms with E-state index < -0.39 is 0 Å². The molecule has 2 rings (SSSR count). The first-order chi connectivity index (χ1) is 7.79. The Labute approximate surface area is 96.8 Å². The molecule has 3 heteroatoms. The molecule has 16 heavy (non-hydrogen) atoms. The van der Waals surface area contributed by atoms with Crippen LogP contribution in [0.5, 0.6) is 11.5 Å². The lowest BCUT2D eigenvalue weighted by molar-refractivity contribution is 0.262. The van der Waals surface area contributed by atoms with Crippen molar-refractivity contribution in [1.29, 1.82) is 0 Å². The van der Waals surface area contributed by atoms with Gasteiger partial charge in [-0.15, -0.1) is 0 Å². The molecule has 0 spiro atoms. The Morgan fingerprint density at radius 3 is 2.94 bits per heavy atom. The molecule has 0 unspecified atom stereocenters. The molecule has 1 fully saturated rings. The van der Waals surface area contributed by atoms with Gasteiger partial charge in [-0.25, -0.2) is 0 Å². The van der Waals surface area contributed by atoms with E-state index in [-0.39, 0.29) is 0 Å². The first-order valence-electron chi connectivity index (χ1n) is 5.80. The van der Waals surface area contributed by atoms with E-state index in [4.69, 9.17) is 9.47 Å². The average Bonchev–Trinajstić information content (AvgIpc) is 2.80.